The van der Waals surface area contributed by atoms with E-state index in [0.29, 0.717) is 29.5 Å². The molecule has 0 aliphatic rings. The topological polar surface area (TPSA) is 80.0 Å². The molecule has 6 heteroatoms. The second-order valence-electron chi connectivity index (χ2n) is 4.84. The Bertz CT molecular complexity index is 595. The highest BCUT2D eigenvalue weighted by atomic mass is 16.5. The van der Waals surface area contributed by atoms with E-state index in [1.54, 1.807) is 24.4 Å². The number of unbranched alkanes of at least 4 members (excludes halogenated alkanes) is 2. The first kappa shape index (κ1) is 15.0. The number of amides is 1. The van der Waals surface area contributed by atoms with Gasteiger partial charge in [-0.05, 0) is 25.5 Å². The Hall–Kier alpha value is -2.37. The molecular weight excluding hydrogens is 268 g/mol. The van der Waals surface area contributed by atoms with Crippen molar-refractivity contribution >= 4 is 17.5 Å². The zero-order valence-corrected chi connectivity index (χ0v) is 12.3. The first-order valence-corrected chi connectivity index (χ1v) is 7.13. The van der Waals surface area contributed by atoms with Crippen LogP contribution in [0, 0.1) is 6.92 Å². The van der Waals surface area contributed by atoms with Gasteiger partial charge in [0.1, 0.15) is 11.6 Å². The molecule has 0 radical (unpaired) electrons. The fourth-order valence-electron chi connectivity index (χ4n) is 1.88. The predicted octanol–water partition coefficient (Wildman–Crippen LogP) is 3.04. The summed E-state index contributed by atoms with van der Waals surface area (Å²) in [4.78, 5) is 16.2. The predicted molar refractivity (Wildman–Crippen MR) is 80.6 cm³/mol. The molecule has 0 aliphatic carbocycles. The van der Waals surface area contributed by atoms with Crippen LogP contribution in [-0.2, 0) is 0 Å². The number of hydrogen-bond donors (Lipinski definition) is 2. The lowest BCUT2D eigenvalue weighted by molar-refractivity contribution is 0.0953. The molecule has 21 heavy (non-hydrogen) atoms. The average molecular weight is 288 g/mol. The van der Waals surface area contributed by atoms with Gasteiger partial charge in [-0.25, -0.2) is 4.98 Å². The molecule has 0 fully saturated rings. The number of anilines is 2. The van der Waals surface area contributed by atoms with E-state index in [9.17, 15) is 4.79 Å². The Morgan fingerprint density at radius 1 is 1.29 bits per heavy atom. The molecule has 112 valence electrons. The van der Waals surface area contributed by atoms with Crippen LogP contribution in [0.25, 0.3) is 0 Å². The van der Waals surface area contributed by atoms with Gasteiger partial charge in [-0.2, -0.15) is 0 Å². The van der Waals surface area contributed by atoms with Crippen molar-refractivity contribution in [2.75, 3.05) is 11.9 Å². The smallest absolute Gasteiger partial charge is 0.251 e. The number of pyridine rings is 1. The van der Waals surface area contributed by atoms with Crippen LogP contribution in [0.1, 0.15) is 42.3 Å². The summed E-state index contributed by atoms with van der Waals surface area (Å²) in [5.74, 6) is 1.75. The molecule has 2 N–H and O–H groups in total. The maximum atomic E-state index is 12.0. The van der Waals surface area contributed by atoms with E-state index in [4.69, 9.17) is 4.52 Å². The van der Waals surface area contributed by atoms with Gasteiger partial charge in [0.2, 0.25) is 0 Å². The van der Waals surface area contributed by atoms with Gasteiger partial charge in [0.15, 0.2) is 5.82 Å². The number of carbonyl (C=O) groups is 1. The zero-order chi connectivity index (χ0) is 15.1. The molecule has 0 bridgehead atoms. The summed E-state index contributed by atoms with van der Waals surface area (Å²) in [6, 6.07) is 5.15. The molecule has 6 nitrogen and oxygen atoms in total. The summed E-state index contributed by atoms with van der Waals surface area (Å²) in [5.41, 5.74) is 0.573. The van der Waals surface area contributed by atoms with Gasteiger partial charge in [0.25, 0.3) is 5.91 Å². The molecule has 0 saturated carbocycles. The van der Waals surface area contributed by atoms with Crippen molar-refractivity contribution in [3.8, 4) is 0 Å². The van der Waals surface area contributed by atoms with Gasteiger partial charge in [-0.3, -0.25) is 4.79 Å². The molecule has 0 aliphatic heterocycles. The van der Waals surface area contributed by atoms with Crippen molar-refractivity contribution in [3.63, 3.8) is 0 Å². The summed E-state index contributed by atoms with van der Waals surface area (Å²) in [6.07, 6.45) is 4.85. The Balaban J connectivity index is 1.95. The van der Waals surface area contributed by atoms with Crippen LogP contribution in [0.3, 0.4) is 0 Å². The molecule has 0 saturated heterocycles. The molecular formula is C15H20N4O2. The highest BCUT2D eigenvalue weighted by Gasteiger charge is 2.07. The summed E-state index contributed by atoms with van der Waals surface area (Å²) < 4.78 is 4.97. The minimum atomic E-state index is -0.0899. The van der Waals surface area contributed by atoms with E-state index in [0.717, 1.165) is 19.3 Å². The van der Waals surface area contributed by atoms with E-state index in [2.05, 4.69) is 27.7 Å². The Morgan fingerprint density at radius 3 is 2.86 bits per heavy atom. The molecule has 0 spiro atoms. The standard InChI is InChI=1S/C15H20N4O2/c1-3-4-5-7-17-15(20)12-6-8-16-13(10-12)18-14-9-11(2)21-19-14/h6,8-10H,3-5,7H2,1-2H3,(H,17,20)(H,16,18,19). The lowest BCUT2D eigenvalue weighted by Crippen LogP contribution is -2.24. The van der Waals surface area contributed by atoms with E-state index in [-0.39, 0.29) is 5.91 Å². The van der Waals surface area contributed by atoms with Gasteiger partial charge >= 0.3 is 0 Å². The van der Waals surface area contributed by atoms with Crippen molar-refractivity contribution in [2.24, 2.45) is 0 Å². The Morgan fingerprint density at radius 2 is 2.14 bits per heavy atom. The van der Waals surface area contributed by atoms with Crippen molar-refractivity contribution in [1.82, 2.24) is 15.5 Å². The third-order valence-corrected chi connectivity index (χ3v) is 2.97. The largest absolute Gasteiger partial charge is 0.360 e. The third-order valence-electron chi connectivity index (χ3n) is 2.97. The summed E-state index contributed by atoms with van der Waals surface area (Å²) >= 11 is 0. The number of carbonyl (C=O) groups excluding carboxylic acids is 1. The number of nitrogens with zero attached hydrogens (tertiary/aromatic N) is 2. The summed E-state index contributed by atoms with van der Waals surface area (Å²) in [5, 5.41) is 9.73. The SMILES string of the molecule is CCCCCNC(=O)c1ccnc(Nc2cc(C)on2)c1. The number of hydrogen-bond acceptors (Lipinski definition) is 5. The third kappa shape index (κ3) is 4.59. The van der Waals surface area contributed by atoms with Gasteiger partial charge in [0.05, 0.1) is 0 Å². The number of aromatic nitrogens is 2. The van der Waals surface area contributed by atoms with Crippen molar-refractivity contribution in [2.45, 2.75) is 33.1 Å². The summed E-state index contributed by atoms with van der Waals surface area (Å²) in [7, 11) is 0. The Labute approximate surface area is 123 Å². The first-order valence-electron chi connectivity index (χ1n) is 7.13. The highest BCUT2D eigenvalue weighted by molar-refractivity contribution is 5.94. The number of rotatable bonds is 7. The second-order valence-corrected chi connectivity index (χ2v) is 4.84. The van der Waals surface area contributed by atoms with Gasteiger partial charge < -0.3 is 15.2 Å². The lowest BCUT2D eigenvalue weighted by Gasteiger charge is -2.06. The van der Waals surface area contributed by atoms with Crippen LogP contribution in [0.2, 0.25) is 0 Å². The van der Waals surface area contributed by atoms with Crippen LogP contribution in [0.15, 0.2) is 28.9 Å². The lowest BCUT2D eigenvalue weighted by atomic mass is 10.2. The van der Waals surface area contributed by atoms with Crippen molar-refractivity contribution in [1.29, 1.82) is 0 Å². The maximum absolute atomic E-state index is 12.0. The molecule has 2 rings (SSSR count). The normalized spacial score (nSPS) is 10.4. The number of aryl methyl sites for hydroxylation is 1. The minimum Gasteiger partial charge on any atom is -0.360 e. The molecule has 1 amide bonds. The van der Waals surface area contributed by atoms with Gasteiger partial charge in [0, 0.05) is 24.4 Å². The van der Waals surface area contributed by atoms with Crippen LogP contribution >= 0.6 is 0 Å². The molecule has 2 heterocycles. The fraction of sp³-hybridized carbons (Fsp3) is 0.400. The first-order chi connectivity index (χ1) is 10.2. The summed E-state index contributed by atoms with van der Waals surface area (Å²) in [6.45, 7) is 4.64. The Kier molecular flexibility index (Phi) is 5.31. The van der Waals surface area contributed by atoms with Crippen molar-refractivity contribution < 1.29 is 9.32 Å². The molecule has 0 aromatic carbocycles. The zero-order valence-electron chi connectivity index (χ0n) is 12.3. The fourth-order valence-corrected chi connectivity index (χ4v) is 1.88. The van der Waals surface area contributed by atoms with E-state index < -0.39 is 0 Å². The van der Waals surface area contributed by atoms with E-state index >= 15 is 0 Å². The van der Waals surface area contributed by atoms with Gasteiger partial charge in [-0.1, -0.05) is 24.9 Å². The number of nitrogens with one attached hydrogen (secondary N) is 2. The highest BCUT2D eigenvalue weighted by Crippen LogP contribution is 2.15. The molecule has 0 unspecified atom stereocenters. The van der Waals surface area contributed by atoms with Crippen LogP contribution in [-0.4, -0.2) is 22.6 Å². The van der Waals surface area contributed by atoms with Crippen LogP contribution in [0.5, 0.6) is 0 Å². The van der Waals surface area contributed by atoms with Gasteiger partial charge in [-0.15, -0.1) is 0 Å². The molecule has 0 atom stereocenters. The van der Waals surface area contributed by atoms with E-state index in [1.165, 1.54) is 0 Å². The quantitative estimate of drug-likeness (QED) is 0.765. The average Bonchev–Trinajstić information content (AvgIpc) is 2.89. The van der Waals surface area contributed by atoms with Crippen LogP contribution < -0.4 is 10.6 Å². The second kappa shape index (κ2) is 7.42. The van der Waals surface area contributed by atoms with Crippen LogP contribution in [0.4, 0.5) is 11.6 Å². The maximum Gasteiger partial charge on any atom is 0.251 e. The van der Waals surface area contributed by atoms with E-state index in [1.807, 2.05) is 6.92 Å². The molecule has 2 aromatic heterocycles. The monoisotopic (exact) mass is 288 g/mol. The molecule has 2 aromatic rings. The van der Waals surface area contributed by atoms with Crippen molar-refractivity contribution in [3.05, 3.63) is 35.7 Å². The minimum absolute atomic E-state index is 0.0899.